The number of benzene rings is 2. The largest absolute Gasteiger partial charge is 0.478 e. The Morgan fingerprint density at radius 1 is 0.738 bits per heavy atom. The summed E-state index contributed by atoms with van der Waals surface area (Å²) in [5.74, 6) is -7.91. The number of nitrogens with two attached hydrogens (primary N) is 1. The number of fused-ring (bicyclic) bond motifs is 1. The maximum atomic E-state index is 15.4. The fourth-order valence-corrected chi connectivity index (χ4v) is 8.62. The van der Waals surface area contributed by atoms with E-state index >= 15 is 4.39 Å². The summed E-state index contributed by atoms with van der Waals surface area (Å²) >= 11 is 3.25. The third-order valence-corrected chi connectivity index (χ3v) is 11.9. The number of piperazine rings is 1. The van der Waals surface area contributed by atoms with Crippen LogP contribution in [-0.2, 0) is 38.8 Å². The molecule has 0 spiro atoms. The molecule has 2 fully saturated rings. The van der Waals surface area contributed by atoms with E-state index in [1.54, 1.807) is 24.3 Å². The van der Waals surface area contributed by atoms with Crippen LogP contribution in [0, 0.1) is 5.82 Å². The van der Waals surface area contributed by atoms with Gasteiger partial charge in [-0.1, -0.05) is 18.2 Å². The zero-order chi connectivity index (χ0) is 48.4. The van der Waals surface area contributed by atoms with Crippen LogP contribution in [0.5, 0.6) is 0 Å². The molecule has 24 heteroatoms. The molecule has 0 amide bonds. The standard InChI is InChI=1S/C29H33BrFN7O2S.3C4H4O4/c1-36-12-14-37(15-13-36)20-7-9-21(10-8-20)38-17-22(27-28(32)33-18-34-29(27)38)19-6-11-25(24(31)16-19)35-41(39,40)26-5-3-2-4-23(26)30;3*5-3(6)1-2-4(7)8/h2-6,11,16-18,20-21,35H,7-10,12-15H2,1H3,(H2,32,33,34);3*1-2H,(H,5,6)(H,7,8)/b;3*2-1-. The zero-order valence-electron chi connectivity index (χ0n) is 34.4. The highest BCUT2D eigenvalue weighted by molar-refractivity contribution is 9.10. The first-order valence-electron chi connectivity index (χ1n) is 19.1. The molecule has 2 aromatic heterocycles. The lowest BCUT2D eigenvalue weighted by molar-refractivity contribution is -0.134. The number of sulfonamides is 1. The van der Waals surface area contributed by atoms with Crippen molar-refractivity contribution in [2.45, 2.75) is 42.7 Å². The van der Waals surface area contributed by atoms with Gasteiger partial charge >= 0.3 is 35.8 Å². The number of rotatable bonds is 12. The summed E-state index contributed by atoms with van der Waals surface area (Å²) in [6.45, 7) is 4.46. The van der Waals surface area contributed by atoms with Gasteiger partial charge in [-0.3, -0.25) is 9.62 Å². The molecule has 0 bridgehead atoms. The molecule has 348 valence electrons. The number of nitrogen functional groups attached to an aromatic ring is 1. The average molecular weight is 991 g/mol. The van der Waals surface area contributed by atoms with Gasteiger partial charge in [0.2, 0.25) is 0 Å². The van der Waals surface area contributed by atoms with Gasteiger partial charge in [-0.15, -0.1) is 0 Å². The highest BCUT2D eigenvalue weighted by Crippen LogP contribution is 2.40. The molecule has 65 heavy (non-hydrogen) atoms. The van der Waals surface area contributed by atoms with Crippen molar-refractivity contribution in [1.29, 1.82) is 0 Å². The Labute approximate surface area is 378 Å². The molecule has 6 rings (SSSR count). The van der Waals surface area contributed by atoms with E-state index in [1.165, 1.54) is 24.5 Å². The minimum absolute atomic E-state index is 0.0267. The third kappa shape index (κ3) is 16.9. The summed E-state index contributed by atoms with van der Waals surface area (Å²) in [7, 11) is -1.82. The number of anilines is 2. The number of likely N-dealkylation sites (N-methyl/N-ethyl adjacent to an activating group) is 1. The van der Waals surface area contributed by atoms with Crippen molar-refractivity contribution in [1.82, 2.24) is 24.3 Å². The van der Waals surface area contributed by atoms with E-state index in [0.29, 0.717) is 63.7 Å². The van der Waals surface area contributed by atoms with Crippen LogP contribution in [0.1, 0.15) is 31.7 Å². The van der Waals surface area contributed by atoms with Crippen molar-refractivity contribution < 1.29 is 72.2 Å². The van der Waals surface area contributed by atoms with Crippen LogP contribution in [0.2, 0.25) is 0 Å². The Hall–Kier alpha value is -7.02. The normalized spacial score (nSPS) is 16.7. The summed E-state index contributed by atoms with van der Waals surface area (Å²) in [5.41, 5.74) is 8.22. The van der Waals surface area contributed by atoms with Gasteiger partial charge < -0.3 is 45.8 Å². The lowest BCUT2D eigenvalue weighted by atomic mass is 9.89. The van der Waals surface area contributed by atoms with Gasteiger partial charge in [-0.25, -0.2) is 51.5 Å². The number of aliphatic carboxylic acids is 6. The topological polar surface area (TPSA) is 333 Å². The maximum Gasteiger partial charge on any atom is 0.328 e. The van der Waals surface area contributed by atoms with Crippen molar-refractivity contribution in [2.24, 2.45) is 0 Å². The summed E-state index contributed by atoms with van der Waals surface area (Å²) in [4.78, 5) is 71.2. The van der Waals surface area contributed by atoms with E-state index in [4.69, 9.17) is 36.4 Å². The molecule has 0 atom stereocenters. The fraction of sp³-hybridized carbons (Fsp3) is 0.268. The van der Waals surface area contributed by atoms with Crippen LogP contribution < -0.4 is 10.5 Å². The highest BCUT2D eigenvalue weighted by atomic mass is 79.9. The van der Waals surface area contributed by atoms with Crippen molar-refractivity contribution >= 4 is 84.3 Å². The minimum atomic E-state index is -4.00. The van der Waals surface area contributed by atoms with E-state index in [-0.39, 0.29) is 16.6 Å². The van der Waals surface area contributed by atoms with E-state index in [1.807, 2.05) is 6.20 Å². The Bertz CT molecular complexity index is 2440. The molecule has 1 aliphatic heterocycles. The Morgan fingerprint density at radius 2 is 1.22 bits per heavy atom. The first-order valence-corrected chi connectivity index (χ1v) is 21.4. The predicted molar refractivity (Wildman–Crippen MR) is 236 cm³/mol. The third-order valence-electron chi connectivity index (χ3n) is 9.51. The van der Waals surface area contributed by atoms with Crippen LogP contribution in [0.25, 0.3) is 22.2 Å². The number of carboxylic acid groups (broad SMARTS) is 6. The Balaban J connectivity index is 0.000000383. The minimum Gasteiger partial charge on any atom is -0.478 e. The molecule has 2 aromatic carbocycles. The highest BCUT2D eigenvalue weighted by Gasteiger charge is 2.30. The number of carbonyl (C=O) groups is 6. The number of hydrogen-bond donors (Lipinski definition) is 8. The molecule has 21 nitrogen and oxygen atoms in total. The summed E-state index contributed by atoms with van der Waals surface area (Å²) in [6.07, 6.45) is 11.1. The smallest absolute Gasteiger partial charge is 0.328 e. The molecule has 1 saturated carbocycles. The molecule has 3 heterocycles. The van der Waals surface area contributed by atoms with E-state index in [9.17, 15) is 37.2 Å². The van der Waals surface area contributed by atoms with Crippen LogP contribution in [0.15, 0.2) is 101 Å². The van der Waals surface area contributed by atoms with Gasteiger partial charge in [-0.05, 0) is 78.5 Å². The van der Waals surface area contributed by atoms with Crippen molar-refractivity contribution in [3.63, 3.8) is 0 Å². The van der Waals surface area contributed by atoms with Crippen LogP contribution in [0.3, 0.4) is 0 Å². The van der Waals surface area contributed by atoms with Crippen LogP contribution >= 0.6 is 15.9 Å². The zero-order valence-corrected chi connectivity index (χ0v) is 36.8. The molecule has 9 N–H and O–H groups in total. The first kappa shape index (κ1) is 52.3. The predicted octanol–water partition coefficient (Wildman–Crippen LogP) is 4.25. The molecular weight excluding hydrogens is 945 g/mol. The Morgan fingerprint density at radius 3 is 1.68 bits per heavy atom. The number of hydrogen-bond acceptors (Lipinski definition) is 13. The van der Waals surface area contributed by atoms with E-state index in [2.05, 4.69) is 52.0 Å². The second-order valence-corrected chi connectivity index (χ2v) is 16.5. The van der Waals surface area contributed by atoms with Gasteiger partial charge in [-0.2, -0.15) is 0 Å². The SMILES string of the molecule is CN1CCN(C2CCC(n3cc(-c4ccc(NS(=O)(=O)c5ccccc5Br)c(F)c4)c4c(N)ncnc43)CC2)CC1.O=C(O)/C=C\C(=O)O.O=C(O)/C=C\C(=O)O.O=C(O)/C=C\C(=O)O. The van der Waals surface area contributed by atoms with Gasteiger partial charge in [0, 0.05) is 91.0 Å². The van der Waals surface area contributed by atoms with Gasteiger partial charge in [0.15, 0.2) is 0 Å². The number of aromatic nitrogens is 3. The fourth-order valence-electron chi connectivity index (χ4n) is 6.55. The van der Waals surface area contributed by atoms with Crippen molar-refractivity contribution in [2.75, 3.05) is 43.7 Å². The molecule has 4 aromatic rings. The average Bonchev–Trinajstić information content (AvgIpc) is 3.64. The summed E-state index contributed by atoms with van der Waals surface area (Å²) in [5, 5.41) is 47.5. The molecule has 2 aliphatic rings. The summed E-state index contributed by atoms with van der Waals surface area (Å²) in [6, 6.07) is 11.7. The second-order valence-electron chi connectivity index (χ2n) is 14.0. The van der Waals surface area contributed by atoms with Crippen molar-refractivity contribution in [3.8, 4) is 11.1 Å². The number of halogens is 2. The molecule has 1 saturated heterocycles. The lowest BCUT2D eigenvalue weighted by Crippen LogP contribution is -2.49. The monoisotopic (exact) mass is 989 g/mol. The number of carboxylic acids is 6. The van der Waals surface area contributed by atoms with Crippen molar-refractivity contribution in [3.05, 3.63) is 102 Å². The van der Waals surface area contributed by atoms with Gasteiger partial charge in [0.05, 0.1) is 11.1 Å². The maximum absolute atomic E-state index is 15.4. The lowest BCUT2D eigenvalue weighted by Gasteiger charge is -2.41. The van der Waals surface area contributed by atoms with Gasteiger partial charge in [0.1, 0.15) is 28.5 Å². The molecule has 1 aliphatic carbocycles. The summed E-state index contributed by atoms with van der Waals surface area (Å²) < 4.78 is 46.1. The second kappa shape index (κ2) is 24.7. The molecular formula is C41H45BrFN7O14S. The van der Waals surface area contributed by atoms with Gasteiger partial charge in [0.25, 0.3) is 10.0 Å². The molecule has 0 radical (unpaired) electrons. The first-order chi connectivity index (χ1) is 30.6. The number of nitrogens with one attached hydrogen (secondary N) is 1. The van der Waals surface area contributed by atoms with Crippen LogP contribution in [-0.4, -0.2) is 138 Å². The quantitative estimate of drug-likeness (QED) is 0.0920. The molecule has 0 unspecified atom stereocenters. The number of nitrogens with zero attached hydrogens (tertiary/aromatic N) is 5. The van der Waals surface area contributed by atoms with E-state index in [0.717, 1.165) is 63.1 Å². The Kier molecular flexibility index (Phi) is 19.9. The van der Waals surface area contributed by atoms with E-state index < -0.39 is 51.7 Å². The van der Waals surface area contributed by atoms with Crippen LogP contribution in [0.4, 0.5) is 15.9 Å².